The molecular formula is C13H11N5O2S. The van der Waals surface area contributed by atoms with Crippen LogP contribution in [-0.4, -0.2) is 28.1 Å². The van der Waals surface area contributed by atoms with E-state index in [0.717, 1.165) is 0 Å². The molecule has 0 fully saturated rings. The maximum Gasteiger partial charge on any atom is 0.271 e. The Morgan fingerprint density at radius 3 is 2.86 bits per heavy atom. The highest BCUT2D eigenvalue weighted by atomic mass is 32.2. The van der Waals surface area contributed by atoms with Gasteiger partial charge in [0.25, 0.3) is 11.1 Å². The molecule has 0 aliphatic heterocycles. The Labute approximate surface area is 123 Å². The molecule has 0 radical (unpaired) electrons. The van der Waals surface area contributed by atoms with E-state index in [2.05, 4.69) is 20.5 Å². The van der Waals surface area contributed by atoms with Crippen molar-refractivity contribution in [1.29, 1.82) is 0 Å². The predicted molar refractivity (Wildman–Crippen MR) is 78.0 cm³/mol. The molecule has 3 rings (SSSR count). The van der Waals surface area contributed by atoms with E-state index in [-0.39, 0.29) is 11.6 Å². The molecule has 1 aromatic carbocycles. The summed E-state index contributed by atoms with van der Waals surface area (Å²) in [5, 5.41) is 11.3. The van der Waals surface area contributed by atoms with E-state index in [1.54, 1.807) is 30.3 Å². The van der Waals surface area contributed by atoms with Gasteiger partial charge in [0.05, 0.1) is 0 Å². The van der Waals surface area contributed by atoms with Crippen molar-refractivity contribution >= 4 is 34.5 Å². The van der Waals surface area contributed by atoms with Crippen LogP contribution in [0.4, 0.5) is 5.69 Å². The first kappa shape index (κ1) is 13.4. The van der Waals surface area contributed by atoms with E-state index in [9.17, 15) is 4.79 Å². The summed E-state index contributed by atoms with van der Waals surface area (Å²) in [6.07, 6.45) is 0. The summed E-state index contributed by atoms with van der Waals surface area (Å²) in [6.45, 7) is 0. The van der Waals surface area contributed by atoms with E-state index in [4.69, 9.17) is 10.2 Å². The van der Waals surface area contributed by atoms with Crippen molar-refractivity contribution in [3.8, 4) is 0 Å². The van der Waals surface area contributed by atoms with Crippen molar-refractivity contribution in [2.45, 2.75) is 10.2 Å². The molecule has 0 bridgehead atoms. The molecule has 7 nitrogen and oxygen atoms in total. The second kappa shape index (κ2) is 5.41. The number of hydrogen-bond acceptors (Lipinski definition) is 7. The number of rotatable bonds is 3. The summed E-state index contributed by atoms with van der Waals surface area (Å²) >= 11 is 1.22. The Morgan fingerprint density at radius 2 is 2.14 bits per heavy atom. The largest absolute Gasteiger partial charge is 0.431 e. The molecule has 0 spiro atoms. The molecule has 0 unspecified atom stereocenters. The molecule has 0 aliphatic rings. The predicted octanol–water partition coefficient (Wildman–Crippen LogP) is 1.71. The van der Waals surface area contributed by atoms with Crippen molar-refractivity contribution in [3.05, 3.63) is 36.0 Å². The first-order valence-corrected chi connectivity index (χ1v) is 6.87. The number of carbonyl (C=O) groups excluding carboxylic acids is 1. The first-order chi connectivity index (χ1) is 10.2. The quantitative estimate of drug-likeness (QED) is 0.709. The zero-order chi connectivity index (χ0) is 14.8. The maximum absolute atomic E-state index is 11.4. The third kappa shape index (κ3) is 2.79. The highest BCUT2D eigenvalue weighted by Gasteiger charge is 2.10. The highest BCUT2D eigenvalue weighted by molar-refractivity contribution is 7.99. The van der Waals surface area contributed by atoms with Crippen LogP contribution in [0.5, 0.6) is 0 Å². The summed E-state index contributed by atoms with van der Waals surface area (Å²) in [6, 6.07) is 8.53. The Kier molecular flexibility index (Phi) is 3.44. The van der Waals surface area contributed by atoms with Crippen LogP contribution in [0, 0.1) is 0 Å². The lowest BCUT2D eigenvalue weighted by molar-refractivity contribution is 0.0957. The molecule has 0 aliphatic carbocycles. The van der Waals surface area contributed by atoms with E-state index in [1.165, 1.54) is 18.8 Å². The topological polar surface area (TPSA) is 107 Å². The van der Waals surface area contributed by atoms with Gasteiger partial charge in [-0.2, -0.15) is 0 Å². The number of carbonyl (C=O) groups is 1. The van der Waals surface area contributed by atoms with Gasteiger partial charge in [-0.15, -0.1) is 10.2 Å². The minimum atomic E-state index is -0.281. The Morgan fingerprint density at radius 1 is 1.29 bits per heavy atom. The number of anilines is 1. The molecule has 3 N–H and O–H groups in total. The van der Waals surface area contributed by atoms with Gasteiger partial charge in [0.1, 0.15) is 10.5 Å². The van der Waals surface area contributed by atoms with Crippen LogP contribution in [0.25, 0.3) is 11.1 Å². The number of oxazole rings is 1. The SMILES string of the molecule is CNC(=O)c1ccc(Sc2nc3cc(N)ccc3o2)nn1. The lowest BCUT2D eigenvalue weighted by Crippen LogP contribution is -2.19. The van der Waals surface area contributed by atoms with Crippen LogP contribution < -0.4 is 11.1 Å². The van der Waals surface area contributed by atoms with Gasteiger partial charge in [-0.3, -0.25) is 4.79 Å². The zero-order valence-corrected chi connectivity index (χ0v) is 11.8. The summed E-state index contributed by atoms with van der Waals surface area (Å²) in [7, 11) is 1.54. The molecular weight excluding hydrogens is 290 g/mol. The van der Waals surface area contributed by atoms with E-state index < -0.39 is 0 Å². The molecule has 0 saturated carbocycles. The Bertz CT molecular complexity index is 800. The van der Waals surface area contributed by atoms with Crippen molar-refractivity contribution in [2.75, 3.05) is 12.8 Å². The third-order valence-electron chi connectivity index (χ3n) is 2.68. The molecule has 21 heavy (non-hydrogen) atoms. The number of nitrogens with two attached hydrogens (primary N) is 1. The molecule has 3 aromatic rings. The highest BCUT2D eigenvalue weighted by Crippen LogP contribution is 2.28. The minimum absolute atomic E-state index is 0.257. The number of aromatic nitrogens is 3. The smallest absolute Gasteiger partial charge is 0.271 e. The van der Waals surface area contributed by atoms with Crippen molar-refractivity contribution in [1.82, 2.24) is 20.5 Å². The normalized spacial score (nSPS) is 10.7. The number of nitrogens with one attached hydrogen (secondary N) is 1. The van der Waals surface area contributed by atoms with Crippen LogP contribution in [0.1, 0.15) is 10.5 Å². The van der Waals surface area contributed by atoms with Crippen LogP contribution in [0.3, 0.4) is 0 Å². The van der Waals surface area contributed by atoms with Gasteiger partial charge in [0.2, 0.25) is 0 Å². The van der Waals surface area contributed by atoms with Crippen molar-refractivity contribution in [3.63, 3.8) is 0 Å². The fraction of sp³-hybridized carbons (Fsp3) is 0.0769. The summed E-state index contributed by atoms with van der Waals surface area (Å²) in [4.78, 5) is 15.7. The lowest BCUT2D eigenvalue weighted by Gasteiger charge is -1.98. The van der Waals surface area contributed by atoms with Crippen LogP contribution >= 0.6 is 11.8 Å². The van der Waals surface area contributed by atoms with Gasteiger partial charge in [0.15, 0.2) is 11.3 Å². The number of benzene rings is 1. The van der Waals surface area contributed by atoms with E-state index in [0.29, 0.717) is 27.0 Å². The van der Waals surface area contributed by atoms with Gasteiger partial charge in [-0.25, -0.2) is 4.98 Å². The molecule has 1 amide bonds. The zero-order valence-electron chi connectivity index (χ0n) is 11.0. The molecule has 2 heterocycles. The molecule has 0 saturated heterocycles. The minimum Gasteiger partial charge on any atom is -0.431 e. The van der Waals surface area contributed by atoms with Crippen LogP contribution in [-0.2, 0) is 0 Å². The van der Waals surface area contributed by atoms with Gasteiger partial charge in [-0.05, 0) is 42.1 Å². The van der Waals surface area contributed by atoms with E-state index in [1.807, 2.05) is 0 Å². The Balaban J connectivity index is 1.83. The fourth-order valence-corrected chi connectivity index (χ4v) is 2.35. The maximum atomic E-state index is 11.4. The molecule has 2 aromatic heterocycles. The molecule has 106 valence electrons. The van der Waals surface area contributed by atoms with Gasteiger partial charge >= 0.3 is 0 Å². The lowest BCUT2D eigenvalue weighted by atomic mass is 10.3. The third-order valence-corrected chi connectivity index (χ3v) is 3.46. The molecule has 8 heteroatoms. The van der Waals surface area contributed by atoms with Crippen LogP contribution in [0.15, 0.2) is 45.0 Å². The second-order valence-corrected chi connectivity index (χ2v) is 5.12. The molecule has 0 atom stereocenters. The average Bonchev–Trinajstić information content (AvgIpc) is 2.88. The van der Waals surface area contributed by atoms with Crippen molar-refractivity contribution < 1.29 is 9.21 Å². The average molecular weight is 301 g/mol. The number of fused-ring (bicyclic) bond motifs is 1. The van der Waals surface area contributed by atoms with Crippen molar-refractivity contribution in [2.24, 2.45) is 0 Å². The number of nitrogens with zero attached hydrogens (tertiary/aromatic N) is 3. The van der Waals surface area contributed by atoms with Gasteiger partial charge in [0, 0.05) is 12.7 Å². The summed E-state index contributed by atoms with van der Waals surface area (Å²) in [5.41, 5.74) is 7.92. The first-order valence-electron chi connectivity index (χ1n) is 6.05. The van der Waals surface area contributed by atoms with Crippen LogP contribution in [0.2, 0.25) is 0 Å². The van der Waals surface area contributed by atoms with E-state index >= 15 is 0 Å². The standard InChI is InChI=1S/C13H11N5O2S/c1-15-12(19)8-3-5-11(18-17-8)21-13-16-9-6-7(14)2-4-10(9)20-13/h2-6H,14H2,1H3,(H,15,19). The van der Waals surface area contributed by atoms with Gasteiger partial charge < -0.3 is 15.5 Å². The summed E-state index contributed by atoms with van der Waals surface area (Å²) in [5.74, 6) is -0.281. The number of nitrogen functional groups attached to an aromatic ring is 1. The van der Waals surface area contributed by atoms with Gasteiger partial charge in [-0.1, -0.05) is 0 Å². The second-order valence-electron chi connectivity index (χ2n) is 4.14. The number of hydrogen-bond donors (Lipinski definition) is 2. The monoisotopic (exact) mass is 301 g/mol. The Hall–Kier alpha value is -2.61. The summed E-state index contributed by atoms with van der Waals surface area (Å²) < 4.78 is 5.58. The fourth-order valence-electron chi connectivity index (χ4n) is 1.68. The number of amides is 1.